The van der Waals surface area contributed by atoms with Crippen molar-refractivity contribution in [3.8, 4) is 36.0 Å². The van der Waals surface area contributed by atoms with Gasteiger partial charge in [0.15, 0.2) is 0 Å². The summed E-state index contributed by atoms with van der Waals surface area (Å²) in [6.45, 7) is 25.4. The molecule has 0 saturated carbocycles. The Morgan fingerprint density at radius 1 is 0.205 bits per heavy atom. The minimum atomic E-state index is -0.529. The summed E-state index contributed by atoms with van der Waals surface area (Å²) in [5.74, 6) is 9.10. The summed E-state index contributed by atoms with van der Waals surface area (Å²) >= 11 is 43.7. The summed E-state index contributed by atoms with van der Waals surface area (Å²) in [7, 11) is 0. The average Bonchev–Trinajstić information content (AvgIpc) is 0.700. The largest absolute Gasteiger partial charge is 0.274 e. The lowest BCUT2D eigenvalue weighted by Gasteiger charge is -2.36. The molecule has 6 atom stereocenters. The maximum atomic E-state index is 14.5. The Hall–Kier alpha value is -4.62. The van der Waals surface area contributed by atoms with E-state index in [2.05, 4.69) is 297 Å². The SMILES string of the molecule is C#CC#CC#CC(CCCC)CN1C(=O)c2c(Br)c(Br)c3c4c(c(Br)c(Br)c(c24)C1=O)C(=O)N(CC(CCCC)CCCCCC)C3=O.CCCCC(CC)CN1C(=O)c2c(Br)c(Br)c3c4c(c(Br)c(Br)c(c24)C1=O)C(=O)N(CC(CC)CCCC)C3=O.CCCCCCCCC(CCCCCC)CCN1C(=O)c2c(Br)c(Br)c3c4c(c(Br)c(Br)c(c24)C1=O)C(=O)N(CCC(CCCCCC)CCCCCCCC)C3=O.[HH].[HH].[HH].[HH].[HH].[HH].[HH].[HH].[HH].[HH].[HH].[HH]. The summed E-state index contributed by atoms with van der Waals surface area (Å²) in [5, 5.41) is 2.05. The minimum absolute atomic E-state index is 0. The Morgan fingerprint density at radius 2 is 0.390 bits per heavy atom. The number of benzene rings is 6. The quantitative estimate of drug-likeness (QED) is 0.0197. The molecule has 6 aromatic carbocycles. The van der Waals surface area contributed by atoms with Crippen LogP contribution >= 0.6 is 191 Å². The molecule has 6 aliphatic heterocycles. The van der Waals surface area contributed by atoms with Crippen LogP contribution < -0.4 is 0 Å². The molecule has 0 saturated heterocycles. The van der Waals surface area contributed by atoms with E-state index in [-0.39, 0.29) is 98.6 Å². The molecule has 0 fully saturated rings. The van der Waals surface area contributed by atoms with E-state index in [0.717, 1.165) is 154 Å². The van der Waals surface area contributed by atoms with Crippen molar-refractivity contribution in [1.82, 2.24) is 29.4 Å². The van der Waals surface area contributed by atoms with Crippen LogP contribution in [0.4, 0.5) is 0 Å². The highest BCUT2D eigenvalue weighted by Gasteiger charge is 2.51. The number of hydrogen-bond acceptors (Lipinski definition) is 12. The van der Waals surface area contributed by atoms with Crippen LogP contribution in [0.2, 0.25) is 0 Å². The molecule has 6 aliphatic rings. The van der Waals surface area contributed by atoms with E-state index in [1.165, 1.54) is 158 Å². The summed E-state index contributed by atoms with van der Waals surface area (Å²) in [6.07, 6.45) is 54.2. The molecule has 0 spiro atoms. The number of terminal acetylenes is 1. The highest BCUT2D eigenvalue weighted by molar-refractivity contribution is 9.14. The smallest absolute Gasteiger partial charge is 0.262 e. The van der Waals surface area contributed by atoms with E-state index in [1.807, 2.05) is 0 Å². The molecule has 0 aromatic heterocycles. The predicted octanol–water partition coefficient (Wildman–Crippen LogP) is 39.3. The topological polar surface area (TPSA) is 224 Å². The third-order valence-electron chi connectivity index (χ3n) is 30.1. The number of amides is 12. The van der Waals surface area contributed by atoms with Crippen molar-refractivity contribution in [3.05, 3.63) is 120 Å². The fraction of sp³-hybridized carbons (Fsp3) is 0.586. The van der Waals surface area contributed by atoms with Crippen molar-refractivity contribution in [2.75, 3.05) is 39.3 Å². The summed E-state index contributed by atoms with van der Waals surface area (Å²) in [6, 6.07) is 0. The first kappa shape index (κ1) is 123. The lowest BCUT2D eigenvalue weighted by atomic mass is 9.85. The second kappa shape index (κ2) is 59.9. The number of halogens is 12. The zero-order chi connectivity index (χ0) is 107. The third kappa shape index (κ3) is 27.9. The molecular formula is C116H166Br12N6O12. The number of hydrogen-bond donors (Lipinski definition) is 0. The zero-order valence-corrected chi connectivity index (χ0v) is 106. The number of carbonyl (C=O) groups is 12. The van der Waals surface area contributed by atoms with Crippen LogP contribution in [-0.4, -0.2) is 140 Å². The van der Waals surface area contributed by atoms with Gasteiger partial charge in [0, 0.05) is 148 Å². The fourth-order valence-corrected chi connectivity index (χ4v) is 28.3. The lowest BCUT2D eigenvalue weighted by Crippen LogP contribution is -2.46. The molecule has 0 bridgehead atoms. The Labute approximate surface area is 985 Å². The van der Waals surface area contributed by atoms with Gasteiger partial charge in [0.25, 0.3) is 70.9 Å². The molecule has 0 aliphatic carbocycles. The van der Waals surface area contributed by atoms with E-state index in [1.54, 1.807) is 0 Å². The molecule has 18 nitrogen and oxygen atoms in total. The van der Waals surface area contributed by atoms with Gasteiger partial charge in [0.05, 0.1) is 66.8 Å². The Balaban J connectivity index is -0.00000223. The molecule has 146 heavy (non-hydrogen) atoms. The van der Waals surface area contributed by atoms with Crippen molar-refractivity contribution in [2.45, 2.75) is 365 Å². The fourth-order valence-electron chi connectivity index (χ4n) is 21.5. The summed E-state index contributed by atoms with van der Waals surface area (Å²) < 4.78 is 4.91. The van der Waals surface area contributed by atoms with Crippen molar-refractivity contribution in [3.63, 3.8) is 0 Å². The number of imide groups is 6. The second-order valence-electron chi connectivity index (χ2n) is 40.2. The van der Waals surface area contributed by atoms with Crippen LogP contribution in [0.15, 0.2) is 53.7 Å². The number of nitrogens with zero attached hydrogens (tertiary/aromatic N) is 6. The molecule has 12 amide bonds. The van der Waals surface area contributed by atoms with E-state index >= 15 is 0 Å². The van der Waals surface area contributed by atoms with Crippen LogP contribution in [-0.2, 0) is 0 Å². The molecular weight excluding hydrogens is 2630 g/mol. The Morgan fingerprint density at radius 3 is 0.623 bits per heavy atom. The Bertz CT molecular complexity index is 5670. The molecule has 6 aromatic rings. The van der Waals surface area contributed by atoms with Crippen molar-refractivity contribution in [1.29, 1.82) is 0 Å². The van der Waals surface area contributed by atoms with Crippen LogP contribution in [0.5, 0.6) is 0 Å². The van der Waals surface area contributed by atoms with Gasteiger partial charge < -0.3 is 0 Å². The zero-order valence-electron chi connectivity index (χ0n) is 86.7. The highest BCUT2D eigenvalue weighted by atomic mass is 79.9. The van der Waals surface area contributed by atoms with E-state index in [9.17, 15) is 57.5 Å². The van der Waals surface area contributed by atoms with Gasteiger partial charge in [-0.2, -0.15) is 0 Å². The van der Waals surface area contributed by atoms with Gasteiger partial charge in [-0.05, 0) is 289 Å². The number of rotatable bonds is 57. The van der Waals surface area contributed by atoms with E-state index in [0.29, 0.717) is 176 Å². The first-order valence-electron chi connectivity index (χ1n) is 53.8. The maximum Gasteiger partial charge on any atom is 0.262 e. The normalized spacial score (nSPS) is 15.3. The van der Waals surface area contributed by atoms with E-state index in [4.69, 9.17) is 6.42 Å². The molecule has 6 heterocycles. The van der Waals surface area contributed by atoms with Gasteiger partial charge in [-0.1, -0.05) is 326 Å². The summed E-state index contributed by atoms with van der Waals surface area (Å²) in [4.78, 5) is 179. The van der Waals surface area contributed by atoms with Gasteiger partial charge in [-0.3, -0.25) is 86.9 Å². The molecule has 0 N–H and O–H groups in total. The molecule has 816 valence electrons. The molecule has 30 heteroatoms. The average molecular weight is 2800 g/mol. The van der Waals surface area contributed by atoms with Gasteiger partial charge in [-0.25, -0.2) is 0 Å². The predicted molar refractivity (Wildman–Crippen MR) is 657 cm³/mol. The lowest BCUT2D eigenvalue weighted by molar-refractivity contribution is 0.0557. The van der Waals surface area contributed by atoms with Crippen LogP contribution in [0.3, 0.4) is 0 Å². The number of unbranched alkanes of at least 4 members (excludes halogenated alkanes) is 23. The highest BCUT2D eigenvalue weighted by Crippen LogP contribution is 2.56. The van der Waals surface area contributed by atoms with Crippen LogP contribution in [0, 0.1) is 71.5 Å². The standard InChI is InChI=1S/C48H70Br4N2O4.C38H38Br4N2O4.C30H34Br4N2O4.12H2/c1-5-9-13-17-19-23-27-33(25-21-15-11-7-3)29-31-53-45(55)37-35-36-39(43(51)41(37)49)47(57)54(48(58)40(36)44(52)42(50)38(35)46(53)56)32-30-34(26-22-16-12-8-4)28-24-20-18-14-10-6-2;1-5-9-13-15-19-23(17-11-7-3)21-43-35(45)27-25-26-29(33(41)31(27)39)37(47)44(22-24(18-12-8-4)20-16-14-10-6-2)38(48)30(26)34(42)32(40)28(25)36(43)46;1-5-9-11-15(7-3)13-35-27(37)19-17-18-21(25(33)23(19)31)29(39)36(14-16(8-4)12-10-6-2)30(40)22(18)26(34)24(32)20(17)28(35)38;;;;;;;;;;;;/h33-34H,5-32H2,1-4H3;1,23-24H,6-8,10-12,14,16-18,20-22H2,2-4H3;15-16H,5-14H2,1-4H3;12*1H. The molecule has 0 radical (unpaired) electrons. The molecule has 12 rings (SSSR count). The maximum absolute atomic E-state index is 14.5. The van der Waals surface area contributed by atoms with Crippen molar-refractivity contribution in [2.24, 2.45) is 35.5 Å². The third-order valence-corrected chi connectivity index (χ3v) is 42.8. The number of carbonyl (C=O) groups excluding carboxylic acids is 12. The van der Waals surface area contributed by atoms with Gasteiger partial charge >= 0.3 is 0 Å². The van der Waals surface area contributed by atoms with Crippen molar-refractivity contribution < 1.29 is 74.7 Å². The van der Waals surface area contributed by atoms with Crippen molar-refractivity contribution >= 4 is 294 Å². The first-order valence-corrected chi connectivity index (χ1v) is 63.4. The van der Waals surface area contributed by atoms with Crippen LogP contribution in [0.1, 0.15) is 507 Å². The second-order valence-corrected chi connectivity index (χ2v) is 49.8. The van der Waals surface area contributed by atoms with Gasteiger partial charge in [0.2, 0.25) is 0 Å². The van der Waals surface area contributed by atoms with Gasteiger partial charge in [0.1, 0.15) is 0 Å². The minimum Gasteiger partial charge on any atom is -0.274 e. The Kier molecular flexibility index (Phi) is 50.5. The van der Waals surface area contributed by atoms with Crippen LogP contribution in [0.25, 0.3) is 32.3 Å². The molecule has 6 unspecified atom stereocenters. The summed E-state index contributed by atoms with van der Waals surface area (Å²) in [5.41, 5.74) is 3.43. The monoisotopic (exact) mass is 2780 g/mol. The first-order chi connectivity index (χ1) is 70.1. The van der Waals surface area contributed by atoms with Gasteiger partial charge in [-0.15, -0.1) is 6.42 Å². The van der Waals surface area contributed by atoms with E-state index < -0.39 is 47.3 Å².